The van der Waals surface area contributed by atoms with E-state index in [1.807, 2.05) is 36.2 Å². The molecule has 0 unspecified atom stereocenters. The van der Waals surface area contributed by atoms with Gasteiger partial charge in [-0.05, 0) is 54.7 Å². The van der Waals surface area contributed by atoms with Crippen LogP contribution in [0.3, 0.4) is 0 Å². The molecule has 3 aromatic rings. The number of nitrogens with zero attached hydrogens (tertiary/aromatic N) is 3. The zero-order chi connectivity index (χ0) is 22.2. The highest BCUT2D eigenvalue weighted by molar-refractivity contribution is 6.33. The summed E-state index contributed by atoms with van der Waals surface area (Å²) in [5.41, 5.74) is 4.38. The molecule has 0 bridgehead atoms. The molecule has 0 radical (unpaired) electrons. The van der Waals surface area contributed by atoms with Gasteiger partial charge in [0.05, 0.1) is 16.9 Å². The van der Waals surface area contributed by atoms with Crippen LogP contribution >= 0.6 is 11.6 Å². The Hall–Kier alpha value is -2.70. The van der Waals surface area contributed by atoms with Gasteiger partial charge < -0.3 is 10.2 Å². The topological polar surface area (TPSA) is 50.2 Å². The maximum Gasteiger partial charge on any atom is 0.254 e. The molecule has 5 rings (SSSR count). The van der Waals surface area contributed by atoms with Gasteiger partial charge in [-0.1, -0.05) is 36.2 Å². The van der Waals surface area contributed by atoms with Crippen molar-refractivity contribution in [3.05, 3.63) is 76.2 Å². The maximum atomic E-state index is 13.8. The number of carbonyl (C=O) groups is 1. The lowest BCUT2D eigenvalue weighted by molar-refractivity contribution is 0.0693. The van der Waals surface area contributed by atoms with Crippen LogP contribution in [0, 0.1) is 5.82 Å². The summed E-state index contributed by atoms with van der Waals surface area (Å²) in [4.78, 5) is 15.3. The quantitative estimate of drug-likeness (QED) is 0.570. The summed E-state index contributed by atoms with van der Waals surface area (Å²) in [6.07, 6.45) is 5.84. The first-order valence-corrected chi connectivity index (χ1v) is 11.5. The van der Waals surface area contributed by atoms with Crippen LogP contribution in [-0.4, -0.2) is 39.2 Å². The first kappa shape index (κ1) is 21.2. The summed E-state index contributed by atoms with van der Waals surface area (Å²) >= 11 is 6.33. The zero-order valence-electron chi connectivity index (χ0n) is 18.0. The number of hydrogen-bond acceptors (Lipinski definition) is 3. The Balaban J connectivity index is 1.41. The van der Waals surface area contributed by atoms with Crippen molar-refractivity contribution in [1.29, 1.82) is 0 Å². The molecule has 1 amide bonds. The van der Waals surface area contributed by atoms with E-state index < -0.39 is 0 Å². The van der Waals surface area contributed by atoms with E-state index in [1.54, 1.807) is 23.0 Å². The second-order valence-electron chi connectivity index (χ2n) is 8.79. The Bertz CT molecular complexity index is 1140. The molecule has 1 saturated carbocycles. The van der Waals surface area contributed by atoms with Crippen molar-refractivity contribution in [1.82, 2.24) is 20.0 Å². The highest BCUT2D eigenvalue weighted by atomic mass is 35.5. The second-order valence-corrected chi connectivity index (χ2v) is 9.20. The molecule has 5 nitrogen and oxygen atoms in total. The van der Waals surface area contributed by atoms with Crippen molar-refractivity contribution in [2.75, 3.05) is 6.54 Å². The van der Waals surface area contributed by atoms with E-state index in [4.69, 9.17) is 11.6 Å². The molecule has 2 aliphatic rings. The van der Waals surface area contributed by atoms with Gasteiger partial charge >= 0.3 is 0 Å². The largest absolute Gasteiger partial charge is 0.330 e. The predicted molar refractivity (Wildman–Crippen MR) is 123 cm³/mol. The Morgan fingerprint density at radius 2 is 2.09 bits per heavy atom. The summed E-state index contributed by atoms with van der Waals surface area (Å²) in [6, 6.07) is 13.0. The highest BCUT2D eigenvalue weighted by Crippen LogP contribution is 2.33. The molecule has 2 heterocycles. The van der Waals surface area contributed by atoms with Gasteiger partial charge in [0, 0.05) is 43.3 Å². The van der Waals surface area contributed by atoms with Gasteiger partial charge in [-0.25, -0.2) is 4.39 Å². The molecule has 1 fully saturated rings. The molecular formula is C25H26ClFN4O. The molecule has 7 heteroatoms. The molecule has 1 aromatic heterocycles. The van der Waals surface area contributed by atoms with Crippen LogP contribution in [0.1, 0.15) is 40.7 Å². The van der Waals surface area contributed by atoms with Crippen molar-refractivity contribution in [3.63, 3.8) is 0 Å². The lowest BCUT2D eigenvalue weighted by atomic mass is 9.92. The van der Waals surface area contributed by atoms with Crippen LogP contribution in [0.15, 0.2) is 48.7 Å². The number of nitrogens with one attached hydrogen (secondary N) is 1. The van der Waals surface area contributed by atoms with Gasteiger partial charge in [0.15, 0.2) is 0 Å². The van der Waals surface area contributed by atoms with Gasteiger partial charge in [0.1, 0.15) is 5.82 Å². The molecule has 0 saturated heterocycles. The molecule has 0 spiro atoms. The number of amides is 1. The zero-order valence-corrected chi connectivity index (χ0v) is 18.8. The van der Waals surface area contributed by atoms with E-state index in [-0.39, 0.29) is 17.8 Å². The normalized spacial score (nSPS) is 16.8. The number of hydrogen-bond donors (Lipinski definition) is 1. The third kappa shape index (κ3) is 4.05. The number of carbonyl (C=O) groups excluding carboxylic acids is 1. The maximum absolute atomic E-state index is 13.8. The van der Waals surface area contributed by atoms with E-state index in [1.165, 1.54) is 25.3 Å². The third-order valence-electron chi connectivity index (χ3n) is 6.65. The molecule has 166 valence electrons. The third-order valence-corrected chi connectivity index (χ3v) is 6.93. The van der Waals surface area contributed by atoms with Crippen LogP contribution in [0.2, 0.25) is 5.02 Å². The summed E-state index contributed by atoms with van der Waals surface area (Å²) in [6.45, 7) is 1.23. The first-order chi connectivity index (χ1) is 15.5. The predicted octanol–water partition coefficient (Wildman–Crippen LogP) is 4.59. The van der Waals surface area contributed by atoms with Crippen molar-refractivity contribution in [2.24, 2.45) is 7.05 Å². The van der Waals surface area contributed by atoms with Crippen molar-refractivity contribution in [2.45, 2.75) is 44.3 Å². The van der Waals surface area contributed by atoms with Crippen LogP contribution < -0.4 is 5.32 Å². The average molecular weight is 453 g/mol. The van der Waals surface area contributed by atoms with Crippen LogP contribution in [0.5, 0.6) is 0 Å². The number of fused-ring (bicyclic) bond motifs is 1. The van der Waals surface area contributed by atoms with Crippen molar-refractivity contribution in [3.8, 4) is 11.3 Å². The van der Waals surface area contributed by atoms with Crippen LogP contribution in [0.25, 0.3) is 11.3 Å². The smallest absolute Gasteiger partial charge is 0.254 e. The van der Waals surface area contributed by atoms with Gasteiger partial charge in [0.25, 0.3) is 5.91 Å². The van der Waals surface area contributed by atoms with Crippen LogP contribution in [0.4, 0.5) is 4.39 Å². The summed E-state index contributed by atoms with van der Waals surface area (Å²) in [5.74, 6) is -0.221. The van der Waals surface area contributed by atoms with E-state index in [0.29, 0.717) is 30.6 Å². The number of benzene rings is 2. The van der Waals surface area contributed by atoms with Gasteiger partial charge in [-0.15, -0.1) is 0 Å². The lowest BCUT2D eigenvalue weighted by Gasteiger charge is -2.33. The van der Waals surface area contributed by atoms with Gasteiger partial charge in [-0.3, -0.25) is 9.48 Å². The Labute approximate surface area is 192 Å². The molecule has 1 aliphatic carbocycles. The summed E-state index contributed by atoms with van der Waals surface area (Å²) < 4.78 is 15.5. The highest BCUT2D eigenvalue weighted by Gasteiger charge is 2.34. The minimum absolute atomic E-state index is 0.0273. The average Bonchev–Trinajstić information content (AvgIpc) is 3.24. The Kier molecular flexibility index (Phi) is 5.74. The number of halogens is 2. The molecule has 32 heavy (non-hydrogen) atoms. The minimum Gasteiger partial charge on any atom is -0.330 e. The fourth-order valence-electron chi connectivity index (χ4n) is 4.66. The second kappa shape index (κ2) is 8.68. The monoisotopic (exact) mass is 452 g/mol. The molecule has 1 N–H and O–H groups in total. The number of aromatic nitrogens is 2. The SMILES string of the molecule is Cn1ncc(Cl)c1-c1ccc2c(c1)CN([C@H](CNC1CCC1)Cc1cccc(F)c1)C2=O. The van der Waals surface area contributed by atoms with E-state index in [9.17, 15) is 9.18 Å². The van der Waals surface area contributed by atoms with E-state index >= 15 is 0 Å². The molecular weight excluding hydrogens is 427 g/mol. The van der Waals surface area contributed by atoms with E-state index in [2.05, 4.69) is 10.4 Å². The van der Waals surface area contributed by atoms with Gasteiger partial charge in [0.2, 0.25) is 0 Å². The fourth-order valence-corrected chi connectivity index (χ4v) is 4.94. The summed E-state index contributed by atoms with van der Waals surface area (Å²) in [7, 11) is 1.85. The number of aryl methyl sites for hydroxylation is 1. The summed E-state index contributed by atoms with van der Waals surface area (Å²) in [5, 5.41) is 8.42. The first-order valence-electron chi connectivity index (χ1n) is 11.1. The van der Waals surface area contributed by atoms with Crippen LogP contribution in [-0.2, 0) is 20.0 Å². The van der Waals surface area contributed by atoms with E-state index in [0.717, 1.165) is 27.9 Å². The minimum atomic E-state index is -0.248. The lowest BCUT2D eigenvalue weighted by Crippen LogP contribution is -2.48. The standard InChI is InChI=1S/C25H26ClFN4O/c1-30-24(23(26)14-29-30)17-8-9-22-18(12-17)15-31(25(22)32)21(13-28-20-6-3-7-20)11-16-4-2-5-19(27)10-16/h2,4-5,8-10,12,14,20-21,28H,3,6-7,11,13,15H2,1H3/t21-/m0/s1. The molecule has 1 aliphatic heterocycles. The van der Waals surface area contributed by atoms with Gasteiger partial charge in [-0.2, -0.15) is 5.10 Å². The Morgan fingerprint density at radius 3 is 2.78 bits per heavy atom. The number of rotatable bonds is 7. The molecule has 2 aromatic carbocycles. The van der Waals surface area contributed by atoms with Crippen molar-refractivity contribution < 1.29 is 9.18 Å². The molecule has 1 atom stereocenters. The van der Waals surface area contributed by atoms with Crippen molar-refractivity contribution >= 4 is 17.5 Å². The fraction of sp³-hybridized carbons (Fsp3) is 0.360. The Morgan fingerprint density at radius 1 is 1.25 bits per heavy atom.